The van der Waals surface area contributed by atoms with E-state index < -0.39 is 11.2 Å². The molecule has 0 fully saturated rings. The highest BCUT2D eigenvalue weighted by Crippen LogP contribution is 2.19. The maximum atomic E-state index is 12.5. The molecule has 0 unspecified atom stereocenters. The summed E-state index contributed by atoms with van der Waals surface area (Å²) in [4.78, 5) is 31.3. The van der Waals surface area contributed by atoms with Crippen LogP contribution in [0.15, 0.2) is 63.2 Å². The fraction of sp³-hybridized carbons (Fsp3) is 0.143. The Morgan fingerprint density at radius 1 is 1.20 bits per heavy atom. The first-order valence-corrected chi connectivity index (χ1v) is 9.60. The zero-order chi connectivity index (χ0) is 21.3. The molecule has 0 saturated heterocycles. The smallest absolute Gasteiger partial charge is 0.298 e. The molecule has 4 aromatic rings. The molecule has 152 valence electrons. The van der Waals surface area contributed by atoms with Gasteiger partial charge in [-0.05, 0) is 30.2 Å². The van der Waals surface area contributed by atoms with Crippen LogP contribution in [0.3, 0.4) is 0 Å². The number of hydrogen-bond donors (Lipinski definition) is 2. The fourth-order valence-corrected chi connectivity index (χ4v) is 3.32. The summed E-state index contributed by atoms with van der Waals surface area (Å²) in [6.07, 6.45) is 1.66. The molecule has 2 aromatic carbocycles. The topological polar surface area (TPSA) is 97.1 Å². The Labute approximate surface area is 176 Å². The van der Waals surface area contributed by atoms with Crippen LogP contribution in [0.2, 0.25) is 5.02 Å². The van der Waals surface area contributed by atoms with E-state index in [1.807, 2.05) is 49.4 Å². The van der Waals surface area contributed by atoms with Crippen LogP contribution in [0.5, 0.6) is 0 Å². The van der Waals surface area contributed by atoms with Crippen LogP contribution in [-0.2, 0) is 13.6 Å². The second-order valence-electron chi connectivity index (χ2n) is 6.92. The number of fused-ring (bicyclic) bond motifs is 1. The molecule has 0 radical (unpaired) electrons. The zero-order valence-electron chi connectivity index (χ0n) is 16.4. The molecule has 2 heterocycles. The fourth-order valence-electron chi connectivity index (χ4n) is 3.11. The van der Waals surface area contributed by atoms with Crippen molar-refractivity contribution in [2.45, 2.75) is 13.5 Å². The molecule has 4 rings (SSSR count). The number of benzene rings is 2. The van der Waals surface area contributed by atoms with Crippen molar-refractivity contribution in [1.82, 2.24) is 19.1 Å². The van der Waals surface area contributed by atoms with Crippen molar-refractivity contribution in [3.8, 4) is 0 Å². The number of aromatic nitrogens is 4. The Kier molecular flexibility index (Phi) is 5.24. The van der Waals surface area contributed by atoms with Gasteiger partial charge in [-0.25, -0.2) is 10.2 Å². The van der Waals surface area contributed by atoms with Gasteiger partial charge < -0.3 is 0 Å². The maximum Gasteiger partial charge on any atom is 0.329 e. The summed E-state index contributed by atoms with van der Waals surface area (Å²) in [7, 11) is 1.55. The summed E-state index contributed by atoms with van der Waals surface area (Å²) >= 11 is 6.11. The number of H-pyrrole nitrogens is 1. The molecule has 9 heteroatoms. The summed E-state index contributed by atoms with van der Waals surface area (Å²) in [5.74, 6) is 0.333. The van der Waals surface area contributed by atoms with E-state index in [-0.39, 0.29) is 11.2 Å². The van der Waals surface area contributed by atoms with Gasteiger partial charge in [0, 0.05) is 12.1 Å². The second kappa shape index (κ2) is 8.00. The molecular formula is C21H19ClN6O2. The van der Waals surface area contributed by atoms with Crippen molar-refractivity contribution in [2.75, 3.05) is 5.43 Å². The Morgan fingerprint density at radius 2 is 1.97 bits per heavy atom. The Morgan fingerprint density at radius 3 is 2.70 bits per heavy atom. The van der Waals surface area contributed by atoms with E-state index in [1.165, 1.54) is 4.57 Å². The van der Waals surface area contributed by atoms with E-state index in [4.69, 9.17) is 11.6 Å². The monoisotopic (exact) mass is 422 g/mol. The number of nitrogens with one attached hydrogen (secondary N) is 2. The van der Waals surface area contributed by atoms with Crippen molar-refractivity contribution in [1.29, 1.82) is 0 Å². The van der Waals surface area contributed by atoms with Gasteiger partial charge in [-0.1, -0.05) is 53.6 Å². The predicted molar refractivity (Wildman–Crippen MR) is 119 cm³/mol. The summed E-state index contributed by atoms with van der Waals surface area (Å²) < 4.78 is 2.96. The van der Waals surface area contributed by atoms with Crippen LogP contribution in [0.1, 0.15) is 16.7 Å². The zero-order valence-corrected chi connectivity index (χ0v) is 17.1. The van der Waals surface area contributed by atoms with E-state index in [0.717, 1.165) is 16.7 Å². The molecule has 0 aliphatic carbocycles. The number of nitrogens with zero attached hydrogens (tertiary/aromatic N) is 4. The lowest BCUT2D eigenvalue weighted by Gasteiger charge is -2.08. The highest BCUT2D eigenvalue weighted by molar-refractivity contribution is 6.30. The SMILES string of the molecule is Cc1ccc(C=NNc2nc3c(c(=O)[nH]c(=O)n3C)n2Cc2cccc(Cl)c2)cc1. The molecule has 2 N–H and O–H groups in total. The summed E-state index contributed by atoms with van der Waals surface area (Å²) in [5.41, 5.74) is 5.32. The minimum Gasteiger partial charge on any atom is -0.298 e. The number of aryl methyl sites for hydroxylation is 2. The normalized spacial score (nSPS) is 11.4. The van der Waals surface area contributed by atoms with Crippen LogP contribution in [0.25, 0.3) is 11.2 Å². The third-order valence-corrected chi connectivity index (χ3v) is 4.93. The average molecular weight is 423 g/mol. The minimum atomic E-state index is -0.533. The number of aromatic amines is 1. The van der Waals surface area contributed by atoms with Crippen molar-refractivity contribution in [2.24, 2.45) is 12.1 Å². The highest BCUT2D eigenvalue weighted by Gasteiger charge is 2.17. The third kappa shape index (κ3) is 3.90. The number of imidazole rings is 1. The first-order valence-electron chi connectivity index (χ1n) is 9.22. The van der Waals surface area contributed by atoms with Gasteiger partial charge >= 0.3 is 5.69 Å². The molecule has 0 aliphatic rings. The molecule has 0 aliphatic heterocycles. The Balaban J connectivity index is 1.78. The quantitative estimate of drug-likeness (QED) is 0.381. The van der Waals surface area contributed by atoms with Gasteiger partial charge in [0.05, 0.1) is 12.8 Å². The summed E-state index contributed by atoms with van der Waals surface area (Å²) in [6, 6.07) is 15.2. The van der Waals surface area contributed by atoms with Crippen molar-refractivity contribution < 1.29 is 0 Å². The highest BCUT2D eigenvalue weighted by atomic mass is 35.5. The largest absolute Gasteiger partial charge is 0.329 e. The maximum absolute atomic E-state index is 12.5. The van der Waals surface area contributed by atoms with Crippen molar-refractivity contribution >= 4 is 34.9 Å². The van der Waals surface area contributed by atoms with Gasteiger partial charge in [-0.15, -0.1) is 0 Å². The summed E-state index contributed by atoms with van der Waals surface area (Å²) in [6.45, 7) is 2.33. The van der Waals surface area contributed by atoms with Crippen molar-refractivity contribution in [3.05, 3.63) is 91.1 Å². The first kappa shape index (κ1) is 19.7. The van der Waals surface area contributed by atoms with E-state index in [9.17, 15) is 9.59 Å². The number of rotatable bonds is 5. The molecule has 0 amide bonds. The van der Waals surface area contributed by atoms with E-state index >= 15 is 0 Å². The van der Waals surface area contributed by atoms with Gasteiger partial charge in [0.2, 0.25) is 5.95 Å². The van der Waals surface area contributed by atoms with Gasteiger partial charge in [-0.3, -0.25) is 18.9 Å². The lowest BCUT2D eigenvalue weighted by Crippen LogP contribution is -2.29. The van der Waals surface area contributed by atoms with Gasteiger partial charge in [-0.2, -0.15) is 10.1 Å². The van der Waals surface area contributed by atoms with E-state index in [0.29, 0.717) is 17.5 Å². The number of anilines is 1. The second-order valence-corrected chi connectivity index (χ2v) is 7.36. The predicted octanol–water partition coefficient (Wildman–Crippen LogP) is 2.88. The standard InChI is InChI=1S/C21H19ClN6O2/c1-13-6-8-14(9-7-13)11-23-26-20-24-18-17(19(29)25-21(30)27(18)2)28(20)12-15-4-3-5-16(22)10-15/h3-11H,12H2,1-2H3,(H,24,26)(H,25,29,30). The molecule has 0 atom stereocenters. The third-order valence-electron chi connectivity index (χ3n) is 4.69. The van der Waals surface area contributed by atoms with Crippen LogP contribution in [0, 0.1) is 6.92 Å². The molecule has 8 nitrogen and oxygen atoms in total. The first-order chi connectivity index (χ1) is 14.4. The molecular weight excluding hydrogens is 404 g/mol. The molecule has 0 saturated carbocycles. The van der Waals surface area contributed by atoms with Gasteiger partial charge in [0.25, 0.3) is 5.56 Å². The number of hydrazone groups is 1. The number of hydrogen-bond acceptors (Lipinski definition) is 5. The van der Waals surface area contributed by atoms with Crippen molar-refractivity contribution in [3.63, 3.8) is 0 Å². The van der Waals surface area contributed by atoms with Gasteiger partial charge in [0.1, 0.15) is 0 Å². The van der Waals surface area contributed by atoms with Crippen LogP contribution in [-0.4, -0.2) is 25.3 Å². The van der Waals surface area contributed by atoms with Crippen LogP contribution < -0.4 is 16.7 Å². The lowest BCUT2D eigenvalue weighted by atomic mass is 10.2. The average Bonchev–Trinajstić information content (AvgIpc) is 3.07. The van der Waals surface area contributed by atoms with E-state index in [1.54, 1.807) is 23.9 Å². The van der Waals surface area contributed by atoms with Crippen LogP contribution in [0.4, 0.5) is 5.95 Å². The summed E-state index contributed by atoms with van der Waals surface area (Å²) in [5, 5.41) is 4.84. The Bertz CT molecular complexity index is 1370. The molecule has 30 heavy (non-hydrogen) atoms. The Hall–Kier alpha value is -3.65. The molecule has 2 aromatic heterocycles. The van der Waals surface area contributed by atoms with Gasteiger partial charge in [0.15, 0.2) is 11.2 Å². The lowest BCUT2D eigenvalue weighted by molar-refractivity contribution is 0.808. The van der Waals surface area contributed by atoms with E-state index in [2.05, 4.69) is 20.5 Å². The molecule has 0 spiro atoms. The molecule has 0 bridgehead atoms. The number of halogens is 1. The minimum absolute atomic E-state index is 0.263. The van der Waals surface area contributed by atoms with Crippen LogP contribution >= 0.6 is 11.6 Å².